The van der Waals surface area contributed by atoms with Crippen molar-refractivity contribution in [3.63, 3.8) is 0 Å². The van der Waals surface area contributed by atoms with E-state index in [4.69, 9.17) is 4.74 Å². The molecule has 2 aromatic carbocycles. The SMILES string of the molecule is C1CC2OC2C1.CS(=O)(=O)c1cccc(CNC2CCCNC2c2ccccc2)c1. The molecule has 5 rings (SSSR count). The van der Waals surface area contributed by atoms with E-state index in [-0.39, 0.29) is 6.04 Å². The van der Waals surface area contributed by atoms with Crippen LogP contribution in [-0.2, 0) is 21.1 Å². The molecule has 0 amide bonds. The first-order valence-electron chi connectivity index (χ1n) is 11.0. The van der Waals surface area contributed by atoms with Gasteiger partial charge in [-0.2, -0.15) is 0 Å². The molecule has 1 aliphatic carbocycles. The lowest BCUT2D eigenvalue weighted by atomic mass is 9.92. The highest BCUT2D eigenvalue weighted by Gasteiger charge is 2.42. The molecule has 2 N–H and O–H groups in total. The highest BCUT2D eigenvalue weighted by Crippen LogP contribution is 2.37. The zero-order chi connectivity index (χ0) is 21.0. The van der Waals surface area contributed by atoms with Crippen LogP contribution in [0.2, 0.25) is 0 Å². The molecule has 1 saturated carbocycles. The Hall–Kier alpha value is -1.73. The molecule has 0 radical (unpaired) electrons. The summed E-state index contributed by atoms with van der Waals surface area (Å²) in [7, 11) is -3.16. The van der Waals surface area contributed by atoms with E-state index in [0.29, 0.717) is 29.7 Å². The lowest BCUT2D eigenvalue weighted by Crippen LogP contribution is -2.45. The first-order valence-corrected chi connectivity index (χ1v) is 12.9. The summed E-state index contributed by atoms with van der Waals surface area (Å²) in [6.07, 6.45) is 9.01. The number of hydrogen-bond donors (Lipinski definition) is 2. The maximum Gasteiger partial charge on any atom is 0.175 e. The standard InChI is InChI=1S/C19H24N2O2S.C5H8O/c1-24(22,23)17-10-5-7-15(13-17)14-21-18-11-6-12-20-19(18)16-8-3-2-4-9-16;1-2-4-5(3-1)6-4/h2-5,7-10,13,18-21H,6,11-12,14H2,1H3;4-5H,1-3H2. The first kappa shape index (κ1) is 21.5. The van der Waals surface area contributed by atoms with Crippen molar-refractivity contribution in [3.05, 3.63) is 65.7 Å². The molecule has 4 atom stereocenters. The highest BCUT2D eigenvalue weighted by atomic mass is 32.2. The molecule has 0 spiro atoms. The number of rotatable bonds is 5. The van der Waals surface area contributed by atoms with E-state index >= 15 is 0 Å². The van der Waals surface area contributed by atoms with Gasteiger partial charge >= 0.3 is 0 Å². The fraction of sp³-hybridized carbons (Fsp3) is 0.500. The van der Waals surface area contributed by atoms with E-state index in [1.807, 2.05) is 12.1 Å². The van der Waals surface area contributed by atoms with Gasteiger partial charge in [-0.25, -0.2) is 8.42 Å². The molecule has 2 aromatic rings. The number of sulfone groups is 1. The van der Waals surface area contributed by atoms with Gasteiger partial charge < -0.3 is 15.4 Å². The first-order chi connectivity index (χ1) is 14.5. The van der Waals surface area contributed by atoms with Gasteiger partial charge in [-0.15, -0.1) is 0 Å². The van der Waals surface area contributed by atoms with Crippen LogP contribution < -0.4 is 10.6 Å². The maximum absolute atomic E-state index is 11.7. The second kappa shape index (κ2) is 9.60. The molecular weight excluding hydrogens is 396 g/mol. The van der Waals surface area contributed by atoms with Gasteiger partial charge in [-0.3, -0.25) is 0 Å². The Kier molecular flexibility index (Phi) is 6.88. The summed E-state index contributed by atoms with van der Waals surface area (Å²) in [5.41, 5.74) is 2.29. The molecular formula is C24H32N2O3S. The van der Waals surface area contributed by atoms with Gasteiger partial charge in [0.2, 0.25) is 0 Å². The molecule has 162 valence electrons. The van der Waals surface area contributed by atoms with Gasteiger partial charge in [0.15, 0.2) is 9.84 Å². The van der Waals surface area contributed by atoms with Crippen LogP contribution in [0.25, 0.3) is 0 Å². The number of fused-ring (bicyclic) bond motifs is 1. The van der Waals surface area contributed by atoms with Crippen molar-refractivity contribution in [3.8, 4) is 0 Å². The summed E-state index contributed by atoms with van der Waals surface area (Å²) in [5.74, 6) is 0. The Morgan fingerprint density at radius 3 is 2.40 bits per heavy atom. The Morgan fingerprint density at radius 2 is 1.77 bits per heavy atom. The average Bonchev–Trinajstić information content (AvgIpc) is 3.37. The zero-order valence-electron chi connectivity index (χ0n) is 17.6. The summed E-state index contributed by atoms with van der Waals surface area (Å²) in [4.78, 5) is 0.378. The third-order valence-electron chi connectivity index (χ3n) is 6.18. The van der Waals surface area contributed by atoms with Crippen LogP contribution in [-0.4, -0.2) is 39.5 Å². The van der Waals surface area contributed by atoms with E-state index < -0.39 is 9.84 Å². The Balaban J connectivity index is 0.000000305. The van der Waals surface area contributed by atoms with E-state index in [9.17, 15) is 8.42 Å². The van der Waals surface area contributed by atoms with Gasteiger partial charge in [0, 0.05) is 24.9 Å². The summed E-state index contributed by atoms with van der Waals surface area (Å²) in [5, 5.41) is 7.21. The Morgan fingerprint density at radius 1 is 1.00 bits per heavy atom. The third kappa shape index (κ3) is 5.70. The molecule has 4 unspecified atom stereocenters. The smallest absolute Gasteiger partial charge is 0.175 e. The number of ether oxygens (including phenoxy) is 1. The molecule has 5 nitrogen and oxygen atoms in total. The summed E-state index contributed by atoms with van der Waals surface area (Å²) >= 11 is 0. The van der Waals surface area contributed by atoms with Crippen LogP contribution in [0.15, 0.2) is 59.5 Å². The van der Waals surface area contributed by atoms with Gasteiger partial charge in [-0.05, 0) is 61.9 Å². The molecule has 3 fully saturated rings. The van der Waals surface area contributed by atoms with Crippen LogP contribution >= 0.6 is 0 Å². The predicted molar refractivity (Wildman–Crippen MR) is 119 cm³/mol. The van der Waals surface area contributed by atoms with Crippen molar-refractivity contribution < 1.29 is 13.2 Å². The number of piperidine rings is 1. The minimum Gasteiger partial charge on any atom is -0.370 e. The predicted octanol–water partition coefficient (Wildman–Crippen LogP) is 3.61. The van der Waals surface area contributed by atoms with Crippen LogP contribution in [0.1, 0.15) is 49.3 Å². The number of hydrogen-bond acceptors (Lipinski definition) is 5. The molecule has 3 aliphatic rings. The maximum atomic E-state index is 11.7. The minimum atomic E-state index is -3.16. The topological polar surface area (TPSA) is 70.7 Å². The van der Waals surface area contributed by atoms with Crippen molar-refractivity contribution in [2.24, 2.45) is 0 Å². The molecule has 30 heavy (non-hydrogen) atoms. The van der Waals surface area contributed by atoms with Crippen molar-refractivity contribution >= 4 is 9.84 Å². The van der Waals surface area contributed by atoms with Crippen molar-refractivity contribution in [2.45, 2.75) is 67.8 Å². The lowest BCUT2D eigenvalue weighted by Gasteiger charge is -2.34. The summed E-state index contributed by atoms with van der Waals surface area (Å²) in [6.45, 7) is 1.69. The number of nitrogens with one attached hydrogen (secondary N) is 2. The molecule has 2 aliphatic heterocycles. The quantitative estimate of drug-likeness (QED) is 0.712. The zero-order valence-corrected chi connectivity index (χ0v) is 18.4. The number of epoxide rings is 1. The lowest BCUT2D eigenvalue weighted by molar-refractivity contribution is 0.304. The van der Waals surface area contributed by atoms with Gasteiger partial charge in [0.25, 0.3) is 0 Å². The molecule has 6 heteroatoms. The van der Waals surface area contributed by atoms with Gasteiger partial charge in [-0.1, -0.05) is 42.5 Å². The van der Waals surface area contributed by atoms with Crippen molar-refractivity contribution in [1.82, 2.24) is 10.6 Å². The molecule has 2 saturated heterocycles. The van der Waals surface area contributed by atoms with Crippen LogP contribution in [0, 0.1) is 0 Å². The normalized spacial score (nSPS) is 27.6. The van der Waals surface area contributed by atoms with Crippen LogP contribution in [0.5, 0.6) is 0 Å². The fourth-order valence-corrected chi connectivity index (χ4v) is 5.15. The third-order valence-corrected chi connectivity index (χ3v) is 7.29. The average molecular weight is 429 g/mol. The van der Waals surface area contributed by atoms with Gasteiger partial charge in [0.05, 0.1) is 17.1 Å². The van der Waals surface area contributed by atoms with Crippen LogP contribution in [0.4, 0.5) is 0 Å². The molecule has 0 bridgehead atoms. The fourth-order valence-electron chi connectivity index (χ4n) is 4.46. The monoisotopic (exact) mass is 428 g/mol. The van der Waals surface area contributed by atoms with Crippen molar-refractivity contribution in [1.29, 1.82) is 0 Å². The minimum absolute atomic E-state index is 0.290. The molecule has 0 aromatic heterocycles. The number of benzene rings is 2. The van der Waals surface area contributed by atoms with E-state index in [2.05, 4.69) is 34.9 Å². The second-order valence-electron chi connectivity index (χ2n) is 8.54. The second-order valence-corrected chi connectivity index (χ2v) is 10.6. The van der Waals surface area contributed by atoms with E-state index in [0.717, 1.165) is 24.9 Å². The Bertz CT molecular complexity index is 924. The van der Waals surface area contributed by atoms with Crippen LogP contribution in [0.3, 0.4) is 0 Å². The molecule has 2 heterocycles. The van der Waals surface area contributed by atoms with Crippen molar-refractivity contribution in [2.75, 3.05) is 12.8 Å². The largest absolute Gasteiger partial charge is 0.370 e. The van der Waals surface area contributed by atoms with E-state index in [1.54, 1.807) is 18.2 Å². The highest BCUT2D eigenvalue weighted by molar-refractivity contribution is 7.90. The van der Waals surface area contributed by atoms with E-state index in [1.165, 1.54) is 31.1 Å². The summed E-state index contributed by atoms with van der Waals surface area (Å²) < 4.78 is 28.5. The Labute approximate surface area is 180 Å². The van der Waals surface area contributed by atoms with Gasteiger partial charge in [0.1, 0.15) is 0 Å². The summed E-state index contributed by atoms with van der Waals surface area (Å²) in [6, 6.07) is 18.3.